The molecule has 8 nitrogen and oxygen atoms in total. The minimum Gasteiger partial charge on any atom is -0.481 e. The number of aromatic nitrogens is 3. The predicted octanol–water partition coefficient (Wildman–Crippen LogP) is -0.504. The number of nitrogens with zero attached hydrogens (tertiary/aromatic N) is 3. The summed E-state index contributed by atoms with van der Waals surface area (Å²) in [5, 5.41) is 18.9. The largest absolute Gasteiger partial charge is 0.481 e. The summed E-state index contributed by atoms with van der Waals surface area (Å²) >= 11 is 0. The van der Waals surface area contributed by atoms with Crippen LogP contribution in [0.1, 0.15) is 32.4 Å². The third-order valence-corrected chi connectivity index (χ3v) is 2.54. The van der Waals surface area contributed by atoms with E-state index < -0.39 is 11.5 Å². The molecule has 1 aromatic rings. The van der Waals surface area contributed by atoms with E-state index in [1.807, 2.05) is 0 Å². The monoisotopic (exact) mass is 269 g/mol. The molecule has 0 saturated carbocycles. The van der Waals surface area contributed by atoms with Gasteiger partial charge in [-0.2, -0.15) is 0 Å². The topological polar surface area (TPSA) is 123 Å². The fraction of sp³-hybridized carbons (Fsp3) is 0.636. The van der Waals surface area contributed by atoms with Crippen LogP contribution in [0.2, 0.25) is 0 Å². The van der Waals surface area contributed by atoms with Gasteiger partial charge in [-0.25, -0.2) is 4.68 Å². The molecule has 0 spiro atoms. The fourth-order valence-corrected chi connectivity index (χ4v) is 1.56. The first-order valence-electron chi connectivity index (χ1n) is 5.94. The van der Waals surface area contributed by atoms with E-state index in [0.717, 1.165) is 0 Å². The minimum absolute atomic E-state index is 0.00786. The molecule has 19 heavy (non-hydrogen) atoms. The Hall–Kier alpha value is -1.96. The molecule has 0 bridgehead atoms. The zero-order valence-electron chi connectivity index (χ0n) is 11.1. The molecule has 8 heteroatoms. The first-order valence-corrected chi connectivity index (χ1v) is 5.94. The smallest absolute Gasteiger partial charge is 0.303 e. The van der Waals surface area contributed by atoms with Crippen LogP contribution in [-0.4, -0.2) is 37.5 Å². The summed E-state index contributed by atoms with van der Waals surface area (Å²) in [6.45, 7) is 3.86. The third-order valence-electron chi connectivity index (χ3n) is 2.54. The van der Waals surface area contributed by atoms with Crippen molar-refractivity contribution in [2.45, 2.75) is 45.3 Å². The van der Waals surface area contributed by atoms with Crippen molar-refractivity contribution in [2.75, 3.05) is 0 Å². The molecule has 0 unspecified atom stereocenters. The summed E-state index contributed by atoms with van der Waals surface area (Å²) in [6, 6.07) is 0. The SMILES string of the molecule is CC(C)(CCC(=O)O)NC(=O)Cn1cc(CN)nn1. The van der Waals surface area contributed by atoms with Crippen LogP contribution in [0.5, 0.6) is 0 Å². The van der Waals surface area contributed by atoms with Gasteiger partial charge < -0.3 is 16.2 Å². The van der Waals surface area contributed by atoms with Crippen LogP contribution in [-0.2, 0) is 22.7 Å². The van der Waals surface area contributed by atoms with E-state index in [2.05, 4.69) is 15.6 Å². The Morgan fingerprint density at radius 3 is 2.74 bits per heavy atom. The molecule has 1 heterocycles. The second-order valence-electron chi connectivity index (χ2n) is 4.94. The van der Waals surface area contributed by atoms with E-state index in [1.54, 1.807) is 20.0 Å². The zero-order chi connectivity index (χ0) is 14.5. The summed E-state index contributed by atoms with van der Waals surface area (Å²) in [7, 11) is 0. The number of nitrogens with one attached hydrogen (secondary N) is 1. The lowest BCUT2D eigenvalue weighted by molar-refractivity contribution is -0.137. The summed E-state index contributed by atoms with van der Waals surface area (Å²) in [4.78, 5) is 22.3. The zero-order valence-corrected chi connectivity index (χ0v) is 11.1. The molecule has 1 amide bonds. The maximum atomic E-state index is 11.8. The molecule has 0 aliphatic rings. The number of aliphatic carboxylic acids is 1. The van der Waals surface area contributed by atoms with Gasteiger partial charge in [0.25, 0.3) is 0 Å². The number of amides is 1. The van der Waals surface area contributed by atoms with Crippen molar-refractivity contribution in [2.24, 2.45) is 5.73 Å². The molecular weight excluding hydrogens is 250 g/mol. The molecule has 4 N–H and O–H groups in total. The molecule has 0 saturated heterocycles. The number of carbonyl (C=O) groups excluding carboxylic acids is 1. The molecule has 1 aromatic heterocycles. The van der Waals surface area contributed by atoms with Crippen LogP contribution >= 0.6 is 0 Å². The number of rotatable bonds is 7. The van der Waals surface area contributed by atoms with Crippen molar-refractivity contribution in [3.8, 4) is 0 Å². The molecule has 0 aliphatic heterocycles. The fourth-order valence-electron chi connectivity index (χ4n) is 1.56. The number of carbonyl (C=O) groups is 2. The number of hydrogen-bond donors (Lipinski definition) is 3. The molecule has 0 atom stereocenters. The third kappa shape index (κ3) is 5.47. The summed E-state index contributed by atoms with van der Waals surface area (Å²) < 4.78 is 1.39. The van der Waals surface area contributed by atoms with Gasteiger partial charge in [0.15, 0.2) is 0 Å². The Labute approximate surface area is 111 Å². The number of carboxylic acid groups (broad SMARTS) is 1. The van der Waals surface area contributed by atoms with Crippen molar-refractivity contribution in [3.05, 3.63) is 11.9 Å². The lowest BCUT2D eigenvalue weighted by atomic mass is 9.98. The standard InChI is InChI=1S/C11H19N5O3/c1-11(2,4-3-10(18)19)13-9(17)7-16-6-8(5-12)14-15-16/h6H,3-5,7,12H2,1-2H3,(H,13,17)(H,18,19). The van der Waals surface area contributed by atoms with Crippen LogP contribution in [0.4, 0.5) is 0 Å². The Balaban J connectivity index is 2.47. The highest BCUT2D eigenvalue weighted by Crippen LogP contribution is 2.11. The highest BCUT2D eigenvalue weighted by Gasteiger charge is 2.21. The van der Waals surface area contributed by atoms with Crippen molar-refractivity contribution in [1.29, 1.82) is 0 Å². The van der Waals surface area contributed by atoms with Gasteiger partial charge in [-0.05, 0) is 20.3 Å². The highest BCUT2D eigenvalue weighted by molar-refractivity contribution is 5.76. The molecule has 0 aliphatic carbocycles. The van der Waals surface area contributed by atoms with Gasteiger partial charge in [-0.15, -0.1) is 5.10 Å². The summed E-state index contributed by atoms with van der Waals surface area (Å²) in [5.74, 6) is -1.13. The van der Waals surface area contributed by atoms with E-state index in [-0.39, 0.29) is 25.4 Å². The van der Waals surface area contributed by atoms with Gasteiger partial charge in [0, 0.05) is 18.5 Å². The Kier molecular flexibility index (Phi) is 4.99. The molecule has 0 aromatic carbocycles. The average Bonchev–Trinajstić information content (AvgIpc) is 2.73. The lowest BCUT2D eigenvalue weighted by Gasteiger charge is -2.25. The molecule has 1 rings (SSSR count). The molecular formula is C11H19N5O3. The molecule has 0 fully saturated rings. The highest BCUT2D eigenvalue weighted by atomic mass is 16.4. The molecule has 0 radical (unpaired) electrons. The number of carboxylic acids is 1. The van der Waals surface area contributed by atoms with Gasteiger partial charge in [-0.1, -0.05) is 5.21 Å². The van der Waals surface area contributed by atoms with Crippen molar-refractivity contribution in [3.63, 3.8) is 0 Å². The number of hydrogen-bond acceptors (Lipinski definition) is 5. The van der Waals surface area contributed by atoms with Gasteiger partial charge in [0.1, 0.15) is 6.54 Å². The van der Waals surface area contributed by atoms with E-state index in [4.69, 9.17) is 10.8 Å². The predicted molar refractivity (Wildman–Crippen MR) is 67.0 cm³/mol. The Morgan fingerprint density at radius 2 is 2.21 bits per heavy atom. The average molecular weight is 269 g/mol. The first-order chi connectivity index (χ1) is 8.82. The second-order valence-corrected chi connectivity index (χ2v) is 4.94. The number of nitrogens with two attached hydrogens (primary N) is 1. The van der Waals surface area contributed by atoms with Crippen LogP contribution in [0.15, 0.2) is 6.20 Å². The lowest BCUT2D eigenvalue weighted by Crippen LogP contribution is -2.45. The quantitative estimate of drug-likeness (QED) is 0.613. The summed E-state index contributed by atoms with van der Waals surface area (Å²) in [6.07, 6.45) is 1.97. The van der Waals surface area contributed by atoms with E-state index in [0.29, 0.717) is 12.1 Å². The van der Waals surface area contributed by atoms with E-state index in [9.17, 15) is 9.59 Å². The van der Waals surface area contributed by atoms with Crippen LogP contribution in [0.3, 0.4) is 0 Å². The van der Waals surface area contributed by atoms with E-state index in [1.165, 1.54) is 4.68 Å². The molecule has 106 valence electrons. The van der Waals surface area contributed by atoms with Crippen molar-refractivity contribution >= 4 is 11.9 Å². The van der Waals surface area contributed by atoms with Gasteiger partial charge in [0.05, 0.1) is 11.9 Å². The normalized spacial score (nSPS) is 11.3. The van der Waals surface area contributed by atoms with E-state index >= 15 is 0 Å². The van der Waals surface area contributed by atoms with Gasteiger partial charge in [-0.3, -0.25) is 9.59 Å². The van der Waals surface area contributed by atoms with Crippen LogP contribution in [0, 0.1) is 0 Å². The maximum Gasteiger partial charge on any atom is 0.303 e. The second kappa shape index (κ2) is 6.28. The summed E-state index contributed by atoms with van der Waals surface area (Å²) in [5.41, 5.74) is 5.42. The Bertz CT molecular complexity index is 455. The minimum atomic E-state index is -0.883. The van der Waals surface area contributed by atoms with Crippen LogP contribution < -0.4 is 11.1 Å². The first kappa shape index (κ1) is 15.1. The van der Waals surface area contributed by atoms with Crippen molar-refractivity contribution < 1.29 is 14.7 Å². The van der Waals surface area contributed by atoms with Crippen molar-refractivity contribution in [1.82, 2.24) is 20.3 Å². The maximum absolute atomic E-state index is 11.8. The Morgan fingerprint density at radius 1 is 1.53 bits per heavy atom. The van der Waals surface area contributed by atoms with Gasteiger partial charge >= 0.3 is 5.97 Å². The van der Waals surface area contributed by atoms with Gasteiger partial charge in [0.2, 0.25) is 5.91 Å². The van der Waals surface area contributed by atoms with Crippen LogP contribution in [0.25, 0.3) is 0 Å².